The van der Waals surface area contributed by atoms with Crippen molar-refractivity contribution in [2.45, 2.75) is 19.7 Å². The van der Waals surface area contributed by atoms with Crippen molar-refractivity contribution in [2.24, 2.45) is 5.10 Å². The lowest BCUT2D eigenvalue weighted by molar-refractivity contribution is -0.384. The molecule has 4 aromatic carbocycles. The van der Waals surface area contributed by atoms with Gasteiger partial charge in [-0.2, -0.15) is 22.9 Å². The highest BCUT2D eigenvalue weighted by Crippen LogP contribution is 2.32. The van der Waals surface area contributed by atoms with Crippen LogP contribution >= 0.6 is 0 Å². The highest BCUT2D eigenvalue weighted by Gasteiger charge is 2.31. The number of nitro groups is 1. The van der Waals surface area contributed by atoms with Crippen molar-refractivity contribution in [3.63, 3.8) is 0 Å². The van der Waals surface area contributed by atoms with Crippen molar-refractivity contribution in [1.82, 2.24) is 9.66 Å². The fourth-order valence-corrected chi connectivity index (χ4v) is 4.24. The average molecular weight is 589 g/mol. The molecule has 5 aromatic rings. The number of non-ortho nitro benzene ring substituents is 1. The molecule has 0 unspecified atom stereocenters. The number of aromatic nitrogens is 2. The van der Waals surface area contributed by atoms with Gasteiger partial charge in [-0.05, 0) is 72.6 Å². The molecule has 1 aromatic heterocycles. The summed E-state index contributed by atoms with van der Waals surface area (Å²) in [6, 6.07) is 22.0. The molecule has 218 valence electrons. The molecule has 0 aliphatic carbocycles. The quantitative estimate of drug-likeness (QED) is 0.106. The molecule has 5 rings (SSSR count). The molecule has 0 bridgehead atoms. The SMILES string of the molecule is CCOc1cc(C=Nn2c(-c3cccc(C(F)(F)F)c3)nc3ccccc3c2=O)ccc1OCc1ccc([N+](=O)[O-])cc1. The number of fused-ring (bicyclic) bond motifs is 1. The molecule has 1 heterocycles. The van der Waals surface area contributed by atoms with E-state index in [0.29, 0.717) is 34.7 Å². The Labute approximate surface area is 242 Å². The van der Waals surface area contributed by atoms with E-state index in [0.717, 1.165) is 16.8 Å². The van der Waals surface area contributed by atoms with E-state index in [-0.39, 0.29) is 29.1 Å². The summed E-state index contributed by atoms with van der Waals surface area (Å²) in [6.07, 6.45) is -3.21. The predicted molar refractivity (Wildman–Crippen MR) is 154 cm³/mol. The number of hydrogen-bond donors (Lipinski definition) is 0. The molecule has 0 aliphatic rings. The third kappa shape index (κ3) is 6.53. The van der Waals surface area contributed by atoms with E-state index < -0.39 is 22.2 Å². The van der Waals surface area contributed by atoms with Crippen molar-refractivity contribution < 1.29 is 27.6 Å². The summed E-state index contributed by atoms with van der Waals surface area (Å²) >= 11 is 0. The number of ether oxygens (including phenoxy) is 2. The van der Waals surface area contributed by atoms with Gasteiger partial charge in [0.1, 0.15) is 6.61 Å². The summed E-state index contributed by atoms with van der Waals surface area (Å²) in [5.41, 5.74) is 0.153. The number of nitrogens with zero attached hydrogens (tertiary/aromatic N) is 4. The molecule has 0 atom stereocenters. The second kappa shape index (κ2) is 12.1. The van der Waals surface area contributed by atoms with E-state index in [9.17, 15) is 28.1 Å². The third-order valence-corrected chi connectivity index (χ3v) is 6.33. The van der Waals surface area contributed by atoms with Gasteiger partial charge >= 0.3 is 6.18 Å². The summed E-state index contributed by atoms with van der Waals surface area (Å²) in [4.78, 5) is 28.3. The van der Waals surface area contributed by atoms with Crippen molar-refractivity contribution >= 4 is 22.8 Å². The Hall–Kier alpha value is -5.52. The van der Waals surface area contributed by atoms with Crippen molar-refractivity contribution in [3.8, 4) is 22.9 Å². The normalized spacial score (nSPS) is 11.6. The minimum absolute atomic E-state index is 0.0284. The van der Waals surface area contributed by atoms with Gasteiger partial charge in [0.2, 0.25) is 0 Å². The molecule has 0 fully saturated rings. The van der Waals surface area contributed by atoms with Gasteiger partial charge in [-0.1, -0.05) is 24.3 Å². The van der Waals surface area contributed by atoms with Gasteiger partial charge < -0.3 is 9.47 Å². The third-order valence-electron chi connectivity index (χ3n) is 6.33. The van der Waals surface area contributed by atoms with Crippen LogP contribution in [0.4, 0.5) is 18.9 Å². The Kier molecular flexibility index (Phi) is 8.19. The lowest BCUT2D eigenvalue weighted by Gasteiger charge is -2.13. The highest BCUT2D eigenvalue weighted by atomic mass is 19.4. The summed E-state index contributed by atoms with van der Waals surface area (Å²) < 4.78 is 52.9. The molecule has 12 heteroatoms. The first kappa shape index (κ1) is 29.0. The van der Waals surface area contributed by atoms with Crippen LogP contribution in [0.15, 0.2) is 101 Å². The van der Waals surface area contributed by atoms with Crippen LogP contribution in [0.3, 0.4) is 0 Å². The van der Waals surface area contributed by atoms with Crippen LogP contribution in [-0.2, 0) is 12.8 Å². The monoisotopic (exact) mass is 588 g/mol. The molecule has 0 N–H and O–H groups in total. The number of rotatable bonds is 9. The maximum absolute atomic E-state index is 13.5. The molecule has 43 heavy (non-hydrogen) atoms. The van der Waals surface area contributed by atoms with Crippen LogP contribution in [0.25, 0.3) is 22.3 Å². The van der Waals surface area contributed by atoms with E-state index in [1.807, 2.05) is 0 Å². The van der Waals surface area contributed by atoms with Crippen LogP contribution in [0, 0.1) is 10.1 Å². The maximum atomic E-state index is 13.5. The summed E-state index contributed by atoms with van der Waals surface area (Å²) in [5, 5.41) is 15.5. The first-order chi connectivity index (χ1) is 20.6. The van der Waals surface area contributed by atoms with Crippen molar-refractivity contribution in [1.29, 1.82) is 0 Å². The fraction of sp³-hybridized carbons (Fsp3) is 0.129. The van der Waals surface area contributed by atoms with Gasteiger partial charge in [-0.3, -0.25) is 14.9 Å². The number of alkyl halides is 3. The molecule has 9 nitrogen and oxygen atoms in total. The molecule has 0 spiro atoms. The molecule has 0 aliphatic heterocycles. The zero-order chi connectivity index (χ0) is 30.6. The second-order valence-corrected chi connectivity index (χ2v) is 9.24. The first-order valence-corrected chi connectivity index (χ1v) is 13.0. The van der Waals surface area contributed by atoms with E-state index in [4.69, 9.17) is 9.47 Å². The zero-order valence-electron chi connectivity index (χ0n) is 22.6. The van der Waals surface area contributed by atoms with Gasteiger partial charge in [0.05, 0.1) is 34.2 Å². The van der Waals surface area contributed by atoms with E-state index >= 15 is 0 Å². The summed E-state index contributed by atoms with van der Waals surface area (Å²) in [5.74, 6) is 0.737. The van der Waals surface area contributed by atoms with Crippen LogP contribution in [0.2, 0.25) is 0 Å². The number of para-hydroxylation sites is 1. The average Bonchev–Trinajstić information content (AvgIpc) is 3.00. The van der Waals surface area contributed by atoms with Crippen LogP contribution in [-0.4, -0.2) is 27.4 Å². The molecular weight excluding hydrogens is 565 g/mol. The smallest absolute Gasteiger partial charge is 0.416 e. The topological polar surface area (TPSA) is 109 Å². The Bertz CT molecular complexity index is 1890. The van der Waals surface area contributed by atoms with E-state index in [2.05, 4.69) is 10.1 Å². The second-order valence-electron chi connectivity index (χ2n) is 9.24. The standard InChI is InChI=1S/C31H23F3N4O5/c1-2-42-28-16-21(12-15-27(28)43-19-20-10-13-24(14-11-20)38(40)41)18-35-37-29(22-6-5-7-23(17-22)31(32,33)34)36-26-9-4-3-8-25(26)30(37)39/h3-18H,2,19H2,1H3. The summed E-state index contributed by atoms with van der Waals surface area (Å²) in [6.45, 7) is 2.24. The lowest BCUT2D eigenvalue weighted by Crippen LogP contribution is -2.20. The van der Waals surface area contributed by atoms with Gasteiger partial charge in [-0.25, -0.2) is 4.98 Å². The molecule has 0 saturated carbocycles. The van der Waals surface area contributed by atoms with Crippen LogP contribution in [0.5, 0.6) is 11.5 Å². The largest absolute Gasteiger partial charge is 0.490 e. The minimum atomic E-state index is -4.58. The van der Waals surface area contributed by atoms with E-state index in [1.54, 1.807) is 61.5 Å². The Balaban J connectivity index is 1.49. The van der Waals surface area contributed by atoms with Crippen LogP contribution in [0.1, 0.15) is 23.6 Å². The van der Waals surface area contributed by atoms with Gasteiger partial charge in [0.25, 0.3) is 11.2 Å². The Morgan fingerprint density at radius 3 is 2.44 bits per heavy atom. The minimum Gasteiger partial charge on any atom is -0.490 e. The maximum Gasteiger partial charge on any atom is 0.416 e. The number of hydrogen-bond acceptors (Lipinski definition) is 7. The van der Waals surface area contributed by atoms with Crippen molar-refractivity contribution in [2.75, 3.05) is 6.61 Å². The van der Waals surface area contributed by atoms with Crippen molar-refractivity contribution in [3.05, 3.63) is 128 Å². The fourth-order valence-electron chi connectivity index (χ4n) is 4.24. The molecule has 0 amide bonds. The number of halogens is 3. The predicted octanol–water partition coefficient (Wildman–Crippen LogP) is 6.85. The Morgan fingerprint density at radius 2 is 1.72 bits per heavy atom. The molecule has 0 saturated heterocycles. The highest BCUT2D eigenvalue weighted by molar-refractivity contribution is 5.82. The Morgan fingerprint density at radius 1 is 0.953 bits per heavy atom. The number of nitro benzene ring substituents is 1. The lowest BCUT2D eigenvalue weighted by atomic mass is 10.1. The van der Waals surface area contributed by atoms with Gasteiger partial charge in [-0.15, -0.1) is 0 Å². The molecule has 0 radical (unpaired) electrons. The summed E-state index contributed by atoms with van der Waals surface area (Å²) in [7, 11) is 0. The molecular formula is C31H23F3N4O5. The van der Waals surface area contributed by atoms with Gasteiger partial charge in [0.15, 0.2) is 17.3 Å². The van der Waals surface area contributed by atoms with Crippen LogP contribution < -0.4 is 15.0 Å². The number of benzene rings is 4. The first-order valence-electron chi connectivity index (χ1n) is 13.0. The van der Waals surface area contributed by atoms with E-state index in [1.165, 1.54) is 30.5 Å². The van der Waals surface area contributed by atoms with Gasteiger partial charge in [0, 0.05) is 17.7 Å². The zero-order valence-corrected chi connectivity index (χ0v) is 22.6.